The molecule has 3 nitrogen and oxygen atoms in total. The van der Waals surface area contributed by atoms with Crippen molar-refractivity contribution in [3.63, 3.8) is 0 Å². The first-order chi connectivity index (χ1) is 28.0. The minimum atomic E-state index is -0.118. The van der Waals surface area contributed by atoms with Gasteiger partial charge in [0.05, 0.1) is 37.2 Å². The number of thiazole rings is 1. The van der Waals surface area contributed by atoms with Gasteiger partial charge in [0, 0.05) is 59.4 Å². The van der Waals surface area contributed by atoms with Crippen LogP contribution in [0, 0.1) is 0 Å². The summed E-state index contributed by atoms with van der Waals surface area (Å²) in [5.41, 5.74) is 14.7. The summed E-state index contributed by atoms with van der Waals surface area (Å²) in [4.78, 5) is 7.81. The number of hydrogen-bond donors (Lipinski definition) is 0. The van der Waals surface area contributed by atoms with Gasteiger partial charge < -0.3 is 9.30 Å². The van der Waals surface area contributed by atoms with E-state index in [0.29, 0.717) is 0 Å². The van der Waals surface area contributed by atoms with Crippen LogP contribution in [0.15, 0.2) is 164 Å². The summed E-state index contributed by atoms with van der Waals surface area (Å²) < 4.78 is 6.33. The predicted octanol–water partition coefficient (Wildman–Crippen LogP) is 15.3. The normalized spacial score (nSPS) is 13.6. The Labute approximate surface area is 336 Å². The van der Waals surface area contributed by atoms with E-state index in [4.69, 9.17) is 4.98 Å². The van der Waals surface area contributed by atoms with Gasteiger partial charge in [0.25, 0.3) is 0 Å². The van der Waals surface area contributed by atoms with Crippen molar-refractivity contribution >= 4 is 108 Å². The van der Waals surface area contributed by atoms with E-state index in [1.807, 2.05) is 11.3 Å². The molecule has 1 aliphatic rings. The van der Waals surface area contributed by atoms with E-state index in [1.165, 1.54) is 90.9 Å². The van der Waals surface area contributed by atoms with E-state index >= 15 is 0 Å². The standard InChI is InChI=1S/C52H33N3S2/c1-52(2)40-19-9-6-15-33(40)34-25-23-32(28-41(34)52)54(45-21-12-18-36-35-16-8-11-22-46(35)56-49(36)45)31-24-26-44-38(27-31)39-29-42-50(57-51(53-42)30-13-4-3-5-14-30)47-37-17-7-10-20-43(37)55(44)48(39)47/h3-29H,1-2H3. The fourth-order valence-corrected chi connectivity index (χ4v) is 12.3. The lowest BCUT2D eigenvalue weighted by Crippen LogP contribution is -2.16. The molecule has 0 atom stereocenters. The molecule has 13 rings (SSSR count). The van der Waals surface area contributed by atoms with Gasteiger partial charge in [0.1, 0.15) is 5.01 Å². The average molecular weight is 764 g/mol. The highest BCUT2D eigenvalue weighted by Crippen LogP contribution is 2.53. The van der Waals surface area contributed by atoms with Crippen LogP contribution in [-0.2, 0) is 5.41 Å². The number of rotatable bonds is 4. The molecule has 12 aromatic rings. The van der Waals surface area contributed by atoms with E-state index in [-0.39, 0.29) is 5.41 Å². The van der Waals surface area contributed by atoms with Crippen LogP contribution in [0.25, 0.3) is 90.2 Å². The van der Waals surface area contributed by atoms with Gasteiger partial charge in [0.2, 0.25) is 0 Å². The van der Waals surface area contributed by atoms with Gasteiger partial charge in [-0.3, -0.25) is 0 Å². The highest BCUT2D eigenvalue weighted by molar-refractivity contribution is 7.26. The SMILES string of the molecule is CC1(C)c2ccccc2-c2ccc(N(c3ccc4c(c3)c3cc5nc(-c6ccccc6)sc5c5c6ccccc6n4c35)c3cccc4c3sc3ccccc34)cc21. The molecule has 0 saturated heterocycles. The molecule has 8 aromatic carbocycles. The number of para-hydroxylation sites is 1. The third-order valence-corrected chi connectivity index (χ3v) is 14.9. The van der Waals surface area contributed by atoms with Gasteiger partial charge >= 0.3 is 0 Å². The van der Waals surface area contributed by atoms with E-state index in [2.05, 4.69) is 187 Å². The number of aromatic nitrogens is 2. The molecule has 4 heterocycles. The Hall–Kier alpha value is -6.53. The zero-order chi connectivity index (χ0) is 37.6. The van der Waals surface area contributed by atoms with Crippen LogP contribution < -0.4 is 4.90 Å². The summed E-state index contributed by atoms with van der Waals surface area (Å²) in [5, 5.41) is 8.69. The highest BCUT2D eigenvalue weighted by Gasteiger charge is 2.36. The minimum Gasteiger partial charge on any atom is -0.309 e. The topological polar surface area (TPSA) is 20.5 Å². The van der Waals surface area contributed by atoms with E-state index in [1.54, 1.807) is 11.3 Å². The van der Waals surface area contributed by atoms with Crippen LogP contribution in [0.1, 0.15) is 25.0 Å². The Balaban J connectivity index is 1.10. The molecule has 0 aliphatic heterocycles. The number of thiophene rings is 1. The van der Waals surface area contributed by atoms with Crippen LogP contribution in [-0.4, -0.2) is 9.38 Å². The lowest BCUT2D eigenvalue weighted by atomic mass is 9.82. The third kappa shape index (κ3) is 4.22. The first-order valence-electron chi connectivity index (χ1n) is 19.5. The smallest absolute Gasteiger partial charge is 0.124 e. The molecule has 0 N–H and O–H groups in total. The van der Waals surface area contributed by atoms with Crippen molar-refractivity contribution in [1.82, 2.24) is 9.38 Å². The Morgan fingerprint density at radius 1 is 0.526 bits per heavy atom. The molecular formula is C52H33N3S2. The molecule has 0 radical (unpaired) electrons. The van der Waals surface area contributed by atoms with E-state index < -0.39 is 0 Å². The lowest BCUT2D eigenvalue weighted by molar-refractivity contribution is 0.660. The Kier molecular flexibility index (Phi) is 6.27. The first kappa shape index (κ1) is 31.7. The summed E-state index contributed by atoms with van der Waals surface area (Å²) in [7, 11) is 0. The summed E-state index contributed by atoms with van der Waals surface area (Å²) in [6.07, 6.45) is 0. The van der Waals surface area contributed by atoms with Crippen LogP contribution in [0.3, 0.4) is 0 Å². The maximum atomic E-state index is 5.30. The Bertz CT molecular complexity index is 3620. The van der Waals surface area contributed by atoms with Crippen molar-refractivity contribution < 1.29 is 0 Å². The fourth-order valence-electron chi connectivity index (χ4n) is 9.94. The third-order valence-electron chi connectivity index (χ3n) is 12.5. The molecule has 0 bridgehead atoms. The maximum Gasteiger partial charge on any atom is 0.124 e. The number of benzene rings is 8. The van der Waals surface area contributed by atoms with Crippen molar-refractivity contribution in [2.45, 2.75) is 19.3 Å². The largest absolute Gasteiger partial charge is 0.309 e. The first-order valence-corrected chi connectivity index (χ1v) is 21.2. The van der Waals surface area contributed by atoms with Crippen molar-refractivity contribution in [3.8, 4) is 21.7 Å². The van der Waals surface area contributed by atoms with Crippen LogP contribution >= 0.6 is 22.7 Å². The molecule has 268 valence electrons. The molecule has 1 aliphatic carbocycles. The van der Waals surface area contributed by atoms with Gasteiger partial charge in [-0.1, -0.05) is 123 Å². The predicted molar refractivity (Wildman–Crippen MR) is 245 cm³/mol. The average Bonchev–Trinajstić information content (AvgIpc) is 4.05. The quantitative estimate of drug-likeness (QED) is 0.178. The minimum absolute atomic E-state index is 0.118. The molecule has 0 unspecified atom stereocenters. The van der Waals surface area contributed by atoms with E-state index in [0.717, 1.165) is 27.5 Å². The summed E-state index contributed by atoms with van der Waals surface area (Å²) in [6, 6.07) is 60.6. The molecule has 0 saturated carbocycles. The van der Waals surface area contributed by atoms with Crippen molar-refractivity contribution in [1.29, 1.82) is 0 Å². The molecule has 4 aromatic heterocycles. The second kappa shape index (κ2) is 11.3. The van der Waals surface area contributed by atoms with Crippen LogP contribution in [0.2, 0.25) is 0 Å². The fraction of sp³-hybridized carbons (Fsp3) is 0.0577. The number of anilines is 3. The molecular weight excluding hydrogens is 731 g/mol. The van der Waals surface area contributed by atoms with Gasteiger partial charge in [-0.15, -0.1) is 22.7 Å². The van der Waals surface area contributed by atoms with Gasteiger partial charge in [-0.25, -0.2) is 4.98 Å². The molecule has 0 fully saturated rings. The number of nitrogens with zero attached hydrogens (tertiary/aromatic N) is 3. The number of hydrogen-bond acceptors (Lipinski definition) is 4. The van der Waals surface area contributed by atoms with Gasteiger partial charge in [-0.05, 0) is 76.9 Å². The monoisotopic (exact) mass is 763 g/mol. The number of fused-ring (bicyclic) bond motifs is 14. The van der Waals surface area contributed by atoms with Gasteiger partial charge in [0.15, 0.2) is 0 Å². The van der Waals surface area contributed by atoms with Crippen LogP contribution in [0.4, 0.5) is 17.1 Å². The molecule has 0 amide bonds. The zero-order valence-corrected chi connectivity index (χ0v) is 32.9. The van der Waals surface area contributed by atoms with E-state index in [9.17, 15) is 0 Å². The second-order valence-electron chi connectivity index (χ2n) is 15.9. The van der Waals surface area contributed by atoms with Crippen LogP contribution in [0.5, 0.6) is 0 Å². The lowest BCUT2D eigenvalue weighted by Gasteiger charge is -2.28. The van der Waals surface area contributed by atoms with Crippen molar-refractivity contribution in [2.24, 2.45) is 0 Å². The van der Waals surface area contributed by atoms with Gasteiger partial charge in [-0.2, -0.15) is 0 Å². The maximum absolute atomic E-state index is 5.30. The molecule has 5 heteroatoms. The molecule has 57 heavy (non-hydrogen) atoms. The second-order valence-corrected chi connectivity index (χ2v) is 18.0. The Morgan fingerprint density at radius 2 is 1.25 bits per heavy atom. The highest BCUT2D eigenvalue weighted by atomic mass is 32.1. The summed E-state index contributed by atoms with van der Waals surface area (Å²) in [5.74, 6) is 0. The Morgan fingerprint density at radius 3 is 2.16 bits per heavy atom. The summed E-state index contributed by atoms with van der Waals surface area (Å²) in [6.45, 7) is 4.74. The zero-order valence-electron chi connectivity index (χ0n) is 31.2. The van der Waals surface area contributed by atoms with Crippen molar-refractivity contribution in [2.75, 3.05) is 4.90 Å². The van der Waals surface area contributed by atoms with Crippen molar-refractivity contribution in [3.05, 3.63) is 175 Å². The summed E-state index contributed by atoms with van der Waals surface area (Å²) >= 11 is 3.69. The molecule has 0 spiro atoms.